The van der Waals surface area contributed by atoms with Crippen LogP contribution in [0.3, 0.4) is 0 Å². The molecule has 114 valence electrons. The predicted octanol–water partition coefficient (Wildman–Crippen LogP) is 4.67. The van der Waals surface area contributed by atoms with Gasteiger partial charge in [0.1, 0.15) is 6.10 Å². The third-order valence-corrected chi connectivity index (χ3v) is 5.10. The number of carbonyl (C=O) groups is 1. The lowest BCUT2D eigenvalue weighted by Gasteiger charge is -2.16. The van der Waals surface area contributed by atoms with E-state index in [9.17, 15) is 4.79 Å². The Balaban J connectivity index is 1.90. The average molecular weight is 330 g/mol. The molecule has 0 aliphatic carbocycles. The Morgan fingerprint density at radius 3 is 1.82 bits per heavy atom. The van der Waals surface area contributed by atoms with Gasteiger partial charge >= 0.3 is 5.97 Å². The number of hydrogen-bond acceptors (Lipinski definition) is 4. The largest absolute Gasteiger partial charge is 0.457 e. The van der Waals surface area contributed by atoms with Gasteiger partial charge in [-0.1, -0.05) is 43.0 Å². The van der Waals surface area contributed by atoms with Crippen LogP contribution in [0.15, 0.2) is 83.1 Å². The number of benzene rings is 2. The third-order valence-electron chi connectivity index (χ3n) is 2.81. The van der Waals surface area contributed by atoms with E-state index in [0.29, 0.717) is 0 Å². The lowest BCUT2D eigenvalue weighted by Crippen LogP contribution is -2.22. The Morgan fingerprint density at radius 1 is 0.955 bits per heavy atom. The molecule has 0 amide bonds. The normalized spacial score (nSPS) is 10.4. The summed E-state index contributed by atoms with van der Waals surface area (Å²) < 4.78 is 5.44. The van der Waals surface area contributed by atoms with Crippen LogP contribution in [-0.2, 0) is 9.53 Å². The summed E-state index contributed by atoms with van der Waals surface area (Å²) in [6.07, 6.45) is 1.06. The van der Waals surface area contributed by atoms with Crippen molar-refractivity contribution in [3.8, 4) is 0 Å². The van der Waals surface area contributed by atoms with Gasteiger partial charge in [0.25, 0.3) is 0 Å². The van der Waals surface area contributed by atoms with Crippen molar-refractivity contribution in [2.45, 2.75) is 15.9 Å². The van der Waals surface area contributed by atoms with Crippen LogP contribution in [0.2, 0.25) is 0 Å². The summed E-state index contributed by atoms with van der Waals surface area (Å²) in [7, 11) is 0. The van der Waals surface area contributed by atoms with Crippen molar-refractivity contribution >= 4 is 29.5 Å². The van der Waals surface area contributed by atoms with E-state index in [1.54, 1.807) is 23.5 Å². The minimum Gasteiger partial charge on any atom is -0.457 e. The molecule has 22 heavy (non-hydrogen) atoms. The molecule has 2 nitrogen and oxygen atoms in total. The lowest BCUT2D eigenvalue weighted by atomic mass is 10.4. The van der Waals surface area contributed by atoms with E-state index < -0.39 is 0 Å². The van der Waals surface area contributed by atoms with Gasteiger partial charge in [-0.15, -0.1) is 23.5 Å². The fraction of sp³-hybridized carbons (Fsp3) is 0.167. The summed E-state index contributed by atoms with van der Waals surface area (Å²) in [5, 5.41) is 0. The first-order valence-corrected chi connectivity index (χ1v) is 8.94. The first kappa shape index (κ1) is 16.7. The van der Waals surface area contributed by atoms with Crippen LogP contribution in [0.1, 0.15) is 0 Å². The fourth-order valence-electron chi connectivity index (χ4n) is 1.74. The third kappa shape index (κ3) is 6.00. The standard InChI is InChI=1S/C18H18O2S2/c1-2-18(19)20-15(13-21-16-9-5-3-6-10-16)14-22-17-11-7-4-8-12-17/h2-12,15H,1,13-14H2. The van der Waals surface area contributed by atoms with Crippen molar-refractivity contribution in [2.75, 3.05) is 11.5 Å². The minimum atomic E-state index is -0.368. The first-order chi connectivity index (χ1) is 10.8. The molecule has 0 heterocycles. The van der Waals surface area contributed by atoms with E-state index in [4.69, 9.17) is 4.74 Å². The van der Waals surface area contributed by atoms with E-state index in [1.807, 2.05) is 36.4 Å². The molecule has 0 N–H and O–H groups in total. The molecule has 0 radical (unpaired) electrons. The zero-order chi connectivity index (χ0) is 15.6. The molecule has 0 fully saturated rings. The molecule has 0 unspecified atom stereocenters. The number of esters is 1. The zero-order valence-corrected chi connectivity index (χ0v) is 13.8. The monoisotopic (exact) mass is 330 g/mol. The zero-order valence-electron chi connectivity index (χ0n) is 12.2. The summed E-state index contributed by atoms with van der Waals surface area (Å²) in [5.74, 6) is 1.08. The van der Waals surface area contributed by atoms with E-state index in [1.165, 1.54) is 15.9 Å². The van der Waals surface area contributed by atoms with Gasteiger partial charge < -0.3 is 4.74 Å². The minimum absolute atomic E-state index is 0.152. The molecular formula is C18H18O2S2. The maximum absolute atomic E-state index is 11.5. The number of rotatable bonds is 8. The number of ether oxygens (including phenoxy) is 1. The van der Waals surface area contributed by atoms with Crippen LogP contribution in [0, 0.1) is 0 Å². The lowest BCUT2D eigenvalue weighted by molar-refractivity contribution is -0.140. The van der Waals surface area contributed by atoms with Crippen molar-refractivity contribution < 1.29 is 9.53 Å². The molecule has 0 aliphatic heterocycles. The molecule has 2 rings (SSSR count). The van der Waals surface area contributed by atoms with Gasteiger partial charge in [-0.25, -0.2) is 4.79 Å². The fourth-order valence-corrected chi connectivity index (χ4v) is 3.72. The SMILES string of the molecule is C=CC(=O)OC(CSc1ccccc1)CSc1ccccc1. The van der Waals surface area contributed by atoms with Gasteiger partial charge in [0, 0.05) is 27.4 Å². The molecule has 2 aromatic rings. The molecule has 2 aromatic carbocycles. The van der Waals surface area contributed by atoms with Gasteiger partial charge in [0.15, 0.2) is 0 Å². The van der Waals surface area contributed by atoms with Crippen LogP contribution in [0.5, 0.6) is 0 Å². The maximum Gasteiger partial charge on any atom is 0.330 e. The van der Waals surface area contributed by atoms with Gasteiger partial charge in [0.2, 0.25) is 0 Å². The smallest absolute Gasteiger partial charge is 0.330 e. The van der Waals surface area contributed by atoms with E-state index >= 15 is 0 Å². The highest BCUT2D eigenvalue weighted by molar-refractivity contribution is 8.00. The molecule has 4 heteroatoms. The summed E-state index contributed by atoms with van der Waals surface area (Å²) in [6, 6.07) is 20.2. The highest BCUT2D eigenvalue weighted by Gasteiger charge is 2.14. The number of carbonyl (C=O) groups excluding carboxylic acids is 1. The molecule has 0 atom stereocenters. The Bertz CT molecular complexity index is 541. The molecule has 0 saturated heterocycles. The molecule has 0 saturated carbocycles. The topological polar surface area (TPSA) is 26.3 Å². The van der Waals surface area contributed by atoms with Crippen molar-refractivity contribution in [2.24, 2.45) is 0 Å². The van der Waals surface area contributed by atoms with Crippen LogP contribution in [0.25, 0.3) is 0 Å². The van der Waals surface area contributed by atoms with E-state index in [2.05, 4.69) is 30.8 Å². The average Bonchev–Trinajstić information content (AvgIpc) is 2.59. The van der Waals surface area contributed by atoms with Gasteiger partial charge in [-0.3, -0.25) is 0 Å². The Kier molecular flexibility index (Phi) is 7.13. The van der Waals surface area contributed by atoms with Crippen LogP contribution in [-0.4, -0.2) is 23.6 Å². The second-order valence-electron chi connectivity index (χ2n) is 4.51. The quantitative estimate of drug-likeness (QED) is 0.399. The Labute approximate surface area is 140 Å². The molecule has 0 spiro atoms. The highest BCUT2D eigenvalue weighted by atomic mass is 32.2. The number of thioether (sulfide) groups is 2. The summed E-state index contributed by atoms with van der Waals surface area (Å²) in [5.41, 5.74) is 0. The number of hydrogen-bond donors (Lipinski definition) is 0. The van der Waals surface area contributed by atoms with Crippen molar-refractivity contribution in [1.82, 2.24) is 0 Å². The molecule has 0 aliphatic rings. The molecule has 0 bridgehead atoms. The van der Waals surface area contributed by atoms with E-state index in [0.717, 1.165) is 11.5 Å². The molecular weight excluding hydrogens is 312 g/mol. The van der Waals surface area contributed by atoms with Crippen LogP contribution >= 0.6 is 23.5 Å². The summed E-state index contributed by atoms with van der Waals surface area (Å²) >= 11 is 3.38. The second kappa shape index (κ2) is 9.38. The Morgan fingerprint density at radius 2 is 1.41 bits per heavy atom. The van der Waals surface area contributed by atoms with E-state index in [-0.39, 0.29) is 12.1 Å². The van der Waals surface area contributed by atoms with Crippen molar-refractivity contribution in [3.05, 3.63) is 73.3 Å². The second-order valence-corrected chi connectivity index (χ2v) is 6.70. The Hall–Kier alpha value is -1.65. The van der Waals surface area contributed by atoms with Crippen molar-refractivity contribution in [3.63, 3.8) is 0 Å². The highest BCUT2D eigenvalue weighted by Crippen LogP contribution is 2.24. The summed E-state index contributed by atoms with van der Waals surface area (Å²) in [4.78, 5) is 13.8. The van der Waals surface area contributed by atoms with Crippen LogP contribution in [0.4, 0.5) is 0 Å². The maximum atomic E-state index is 11.5. The molecule has 0 aromatic heterocycles. The first-order valence-electron chi connectivity index (χ1n) is 6.96. The summed E-state index contributed by atoms with van der Waals surface area (Å²) in [6.45, 7) is 3.46. The van der Waals surface area contributed by atoms with Gasteiger partial charge in [0.05, 0.1) is 0 Å². The van der Waals surface area contributed by atoms with Crippen LogP contribution < -0.4 is 0 Å². The van der Waals surface area contributed by atoms with Crippen molar-refractivity contribution in [1.29, 1.82) is 0 Å². The predicted molar refractivity (Wildman–Crippen MR) is 94.4 cm³/mol. The van der Waals surface area contributed by atoms with Gasteiger partial charge in [-0.2, -0.15) is 0 Å². The van der Waals surface area contributed by atoms with Gasteiger partial charge in [-0.05, 0) is 24.3 Å².